The van der Waals surface area contributed by atoms with Crippen LogP contribution in [0.15, 0.2) is 54.6 Å². The van der Waals surface area contributed by atoms with Crippen LogP contribution >= 0.6 is 24.8 Å². The van der Waals surface area contributed by atoms with Crippen molar-refractivity contribution in [2.24, 2.45) is 0 Å². The van der Waals surface area contributed by atoms with Gasteiger partial charge in [0, 0.05) is 30.2 Å². The third-order valence-electron chi connectivity index (χ3n) is 3.67. The predicted molar refractivity (Wildman–Crippen MR) is 111 cm³/mol. The van der Waals surface area contributed by atoms with Crippen LogP contribution in [0.3, 0.4) is 0 Å². The number of ether oxygens (including phenoxy) is 1. The number of halogens is 2. The third kappa shape index (κ3) is 8.10. The van der Waals surface area contributed by atoms with Crippen LogP contribution in [0.25, 0.3) is 0 Å². The summed E-state index contributed by atoms with van der Waals surface area (Å²) < 4.78 is 5.41. The van der Waals surface area contributed by atoms with Gasteiger partial charge in [0.15, 0.2) is 0 Å². The van der Waals surface area contributed by atoms with Gasteiger partial charge in [0.1, 0.15) is 5.75 Å². The lowest BCUT2D eigenvalue weighted by atomic mass is 10.0. The highest BCUT2D eigenvalue weighted by atomic mass is 35.5. The van der Waals surface area contributed by atoms with Crippen LogP contribution in [0.4, 0.5) is 0 Å². The molecule has 0 spiro atoms. The molecular formula is C20H30Cl2N2O. The second-order valence-electron chi connectivity index (χ2n) is 6.80. The Hall–Kier alpha value is -1.26. The Labute approximate surface area is 164 Å². The molecule has 0 aliphatic heterocycles. The van der Waals surface area contributed by atoms with Gasteiger partial charge in [-0.15, -0.1) is 24.8 Å². The Morgan fingerprint density at radius 2 is 1.52 bits per heavy atom. The summed E-state index contributed by atoms with van der Waals surface area (Å²) in [5.74, 6) is 0.931. The summed E-state index contributed by atoms with van der Waals surface area (Å²) in [6.07, 6.45) is 0. The average molecular weight is 385 g/mol. The van der Waals surface area contributed by atoms with Gasteiger partial charge >= 0.3 is 0 Å². The first-order valence-corrected chi connectivity index (χ1v) is 8.15. The minimum absolute atomic E-state index is 0. The lowest BCUT2D eigenvalue weighted by Crippen LogP contribution is -2.42. The molecule has 25 heavy (non-hydrogen) atoms. The van der Waals surface area contributed by atoms with E-state index in [-0.39, 0.29) is 36.4 Å². The minimum Gasteiger partial charge on any atom is -0.496 e. The molecule has 0 heterocycles. The molecule has 5 heteroatoms. The molecule has 1 atom stereocenters. The monoisotopic (exact) mass is 384 g/mol. The highest BCUT2D eigenvalue weighted by Gasteiger charge is 2.18. The molecule has 2 aromatic carbocycles. The summed E-state index contributed by atoms with van der Waals surface area (Å²) in [7, 11) is 1.72. The molecule has 2 aromatic rings. The van der Waals surface area contributed by atoms with Crippen LogP contribution in [0.1, 0.15) is 37.9 Å². The highest BCUT2D eigenvalue weighted by molar-refractivity contribution is 5.85. The van der Waals surface area contributed by atoms with Crippen molar-refractivity contribution in [2.75, 3.05) is 13.7 Å². The van der Waals surface area contributed by atoms with Gasteiger partial charge in [-0.2, -0.15) is 0 Å². The number of hydrogen-bond acceptors (Lipinski definition) is 3. The van der Waals surface area contributed by atoms with Crippen molar-refractivity contribution in [2.45, 2.75) is 38.9 Å². The van der Waals surface area contributed by atoms with Crippen LogP contribution in [-0.2, 0) is 6.54 Å². The Balaban J connectivity index is 0.00000288. The highest BCUT2D eigenvalue weighted by Crippen LogP contribution is 2.19. The van der Waals surface area contributed by atoms with E-state index < -0.39 is 0 Å². The zero-order chi connectivity index (χ0) is 16.7. The Bertz CT molecular complexity index is 600. The van der Waals surface area contributed by atoms with E-state index in [1.807, 2.05) is 18.2 Å². The van der Waals surface area contributed by atoms with Gasteiger partial charge < -0.3 is 15.4 Å². The lowest BCUT2D eigenvalue weighted by Gasteiger charge is -2.29. The van der Waals surface area contributed by atoms with E-state index in [9.17, 15) is 0 Å². The van der Waals surface area contributed by atoms with Gasteiger partial charge in [-0.1, -0.05) is 48.5 Å². The molecule has 1 unspecified atom stereocenters. The van der Waals surface area contributed by atoms with Gasteiger partial charge in [0.25, 0.3) is 0 Å². The fourth-order valence-electron chi connectivity index (χ4n) is 2.66. The zero-order valence-electron chi connectivity index (χ0n) is 15.4. The molecule has 2 rings (SSSR count). The maximum Gasteiger partial charge on any atom is 0.123 e. The van der Waals surface area contributed by atoms with Gasteiger partial charge in [-0.05, 0) is 32.4 Å². The maximum absolute atomic E-state index is 5.41. The summed E-state index contributed by atoms with van der Waals surface area (Å²) in [5, 5.41) is 7.25. The quantitative estimate of drug-likeness (QED) is 0.721. The zero-order valence-corrected chi connectivity index (χ0v) is 17.0. The summed E-state index contributed by atoms with van der Waals surface area (Å²) in [6.45, 7) is 8.24. The Morgan fingerprint density at radius 1 is 0.920 bits per heavy atom. The van der Waals surface area contributed by atoms with Crippen LogP contribution in [0, 0.1) is 0 Å². The van der Waals surface area contributed by atoms with Crippen molar-refractivity contribution in [3.05, 3.63) is 65.7 Å². The number of nitrogens with one attached hydrogen (secondary N) is 2. The smallest absolute Gasteiger partial charge is 0.123 e. The number of hydrogen-bond donors (Lipinski definition) is 2. The second kappa shape index (κ2) is 11.4. The van der Waals surface area contributed by atoms with Crippen LogP contribution in [-0.4, -0.2) is 19.2 Å². The first-order valence-electron chi connectivity index (χ1n) is 8.15. The predicted octanol–water partition coefficient (Wildman–Crippen LogP) is 4.76. The fraction of sp³-hybridized carbons (Fsp3) is 0.400. The standard InChI is InChI=1S/C20H28N2O.2ClH/c1-20(2,3)22-18(16-10-6-5-7-11-16)15-21-14-17-12-8-9-13-19(17)23-4;;/h5-13,18,21-22H,14-15H2,1-4H3;2*1H. The molecule has 2 N–H and O–H groups in total. The molecule has 0 aliphatic rings. The molecule has 0 aromatic heterocycles. The Kier molecular flexibility index (Phi) is 10.8. The lowest BCUT2D eigenvalue weighted by molar-refractivity contribution is 0.350. The minimum atomic E-state index is 0. The van der Waals surface area contributed by atoms with E-state index >= 15 is 0 Å². The number of para-hydroxylation sites is 1. The van der Waals surface area contributed by atoms with Crippen molar-refractivity contribution in [1.29, 1.82) is 0 Å². The number of benzene rings is 2. The van der Waals surface area contributed by atoms with Gasteiger partial charge in [0.2, 0.25) is 0 Å². The summed E-state index contributed by atoms with van der Waals surface area (Å²) in [4.78, 5) is 0. The van der Waals surface area contributed by atoms with Crippen molar-refractivity contribution in [3.63, 3.8) is 0 Å². The van der Waals surface area contributed by atoms with E-state index in [1.54, 1.807) is 7.11 Å². The summed E-state index contributed by atoms with van der Waals surface area (Å²) in [6, 6.07) is 19.0. The average Bonchev–Trinajstić information content (AvgIpc) is 2.54. The van der Waals surface area contributed by atoms with Crippen molar-refractivity contribution < 1.29 is 4.74 Å². The second-order valence-corrected chi connectivity index (χ2v) is 6.80. The summed E-state index contributed by atoms with van der Waals surface area (Å²) >= 11 is 0. The van der Waals surface area contributed by atoms with E-state index in [0.29, 0.717) is 0 Å². The topological polar surface area (TPSA) is 33.3 Å². The molecule has 140 valence electrons. The van der Waals surface area contributed by atoms with Gasteiger partial charge in [-0.3, -0.25) is 0 Å². The van der Waals surface area contributed by atoms with E-state index in [1.165, 1.54) is 11.1 Å². The maximum atomic E-state index is 5.41. The normalized spacial score (nSPS) is 11.8. The third-order valence-corrected chi connectivity index (χ3v) is 3.67. The van der Waals surface area contributed by atoms with Crippen LogP contribution in [0.5, 0.6) is 5.75 Å². The van der Waals surface area contributed by atoms with Crippen molar-refractivity contribution in [3.8, 4) is 5.75 Å². The first kappa shape index (κ1) is 23.7. The molecule has 0 aliphatic carbocycles. The summed E-state index contributed by atoms with van der Waals surface area (Å²) in [5.41, 5.74) is 2.54. The van der Waals surface area contributed by atoms with Crippen LogP contribution < -0.4 is 15.4 Å². The molecular weight excluding hydrogens is 355 g/mol. The molecule has 3 nitrogen and oxygen atoms in total. The van der Waals surface area contributed by atoms with Gasteiger partial charge in [-0.25, -0.2) is 0 Å². The van der Waals surface area contributed by atoms with Crippen molar-refractivity contribution in [1.82, 2.24) is 10.6 Å². The fourth-order valence-corrected chi connectivity index (χ4v) is 2.66. The molecule has 0 fully saturated rings. The first-order chi connectivity index (χ1) is 11.0. The van der Waals surface area contributed by atoms with Crippen LogP contribution in [0.2, 0.25) is 0 Å². The molecule has 0 saturated carbocycles. The molecule has 0 bridgehead atoms. The Morgan fingerprint density at radius 3 is 2.12 bits per heavy atom. The SMILES string of the molecule is COc1ccccc1CNCC(NC(C)(C)C)c1ccccc1.Cl.Cl. The van der Waals surface area contributed by atoms with E-state index in [2.05, 4.69) is 67.8 Å². The number of methoxy groups -OCH3 is 1. The molecule has 0 radical (unpaired) electrons. The molecule has 0 amide bonds. The van der Waals surface area contributed by atoms with Gasteiger partial charge in [0.05, 0.1) is 7.11 Å². The van der Waals surface area contributed by atoms with E-state index in [4.69, 9.17) is 4.74 Å². The van der Waals surface area contributed by atoms with Crippen molar-refractivity contribution >= 4 is 24.8 Å². The van der Waals surface area contributed by atoms with E-state index in [0.717, 1.165) is 18.8 Å². The number of rotatable bonds is 7. The largest absolute Gasteiger partial charge is 0.496 e. The molecule has 0 saturated heterocycles.